The number of fused-ring (bicyclic) bond motifs is 6. The molecule has 0 heterocycles. The minimum atomic E-state index is 1.13. The normalized spacial score (nSPS) is 11.5. The Hall–Kier alpha value is -6.70. The second-order valence-electron chi connectivity index (χ2n) is 13.4. The molecule has 9 aromatic rings. The van der Waals surface area contributed by atoms with Crippen molar-refractivity contribution in [1.29, 1.82) is 0 Å². The van der Waals surface area contributed by atoms with Crippen molar-refractivity contribution in [3.8, 4) is 55.6 Å². The summed E-state index contributed by atoms with van der Waals surface area (Å²) in [5, 5.41) is 5.02. The number of hydrogen-bond donors (Lipinski definition) is 0. The van der Waals surface area contributed by atoms with Gasteiger partial charge in [0.1, 0.15) is 0 Å². The van der Waals surface area contributed by atoms with Crippen LogP contribution in [0.25, 0.3) is 77.2 Å². The van der Waals surface area contributed by atoms with Crippen LogP contribution in [0.3, 0.4) is 0 Å². The molecule has 0 bridgehead atoms. The van der Waals surface area contributed by atoms with Gasteiger partial charge >= 0.3 is 0 Å². The van der Waals surface area contributed by atoms with Gasteiger partial charge in [-0.15, -0.1) is 0 Å². The highest BCUT2D eigenvalue weighted by Crippen LogP contribution is 2.51. The van der Waals surface area contributed by atoms with Crippen LogP contribution in [0.4, 0.5) is 17.1 Å². The third kappa shape index (κ3) is 5.10. The monoisotopic (exact) mass is 647 g/mol. The van der Waals surface area contributed by atoms with Gasteiger partial charge in [-0.05, 0) is 150 Å². The van der Waals surface area contributed by atoms with Gasteiger partial charge in [-0.25, -0.2) is 0 Å². The van der Waals surface area contributed by atoms with E-state index in [4.69, 9.17) is 0 Å². The standard InChI is InChI=1S/C50H33N/c1-5-13-34(14-6-1)35-21-24-43(25-22-35)51(42-19-11-4-12-20-42)44-26-23-38-28-47-48(31-39(38)27-44)50-33-41-30-46(37-17-9-3-10-18-37)45(29-40(41)32-49(47)50)36-15-7-2-8-16-36/h1-33H. The van der Waals surface area contributed by atoms with E-state index in [0.29, 0.717) is 0 Å². The molecule has 0 saturated carbocycles. The van der Waals surface area contributed by atoms with Gasteiger partial charge < -0.3 is 4.90 Å². The lowest BCUT2D eigenvalue weighted by atomic mass is 9.77. The summed E-state index contributed by atoms with van der Waals surface area (Å²) < 4.78 is 0. The Bertz CT molecular complexity index is 2700. The number of benzene rings is 9. The van der Waals surface area contributed by atoms with Gasteiger partial charge in [-0.3, -0.25) is 0 Å². The number of hydrogen-bond acceptors (Lipinski definition) is 1. The SMILES string of the molecule is c1ccc(-c2ccc(N(c3ccccc3)c3ccc4cc5c(cc4c3)-c3cc4cc(-c6ccccc6)c(-c6ccccc6)cc4cc3-5)cc2)cc1. The second-order valence-corrected chi connectivity index (χ2v) is 13.4. The highest BCUT2D eigenvalue weighted by molar-refractivity contribution is 6.13. The first-order chi connectivity index (χ1) is 25.3. The van der Waals surface area contributed by atoms with Crippen LogP contribution in [0, 0.1) is 0 Å². The Kier molecular flexibility index (Phi) is 6.89. The quantitative estimate of drug-likeness (QED) is 0.174. The molecule has 1 heteroatoms. The Morgan fingerprint density at radius 3 is 1.08 bits per heavy atom. The first-order valence-corrected chi connectivity index (χ1v) is 17.6. The molecule has 238 valence electrons. The first-order valence-electron chi connectivity index (χ1n) is 17.6. The number of rotatable bonds is 6. The van der Waals surface area contributed by atoms with Crippen molar-refractivity contribution in [3.05, 3.63) is 200 Å². The summed E-state index contributed by atoms with van der Waals surface area (Å²) in [6.45, 7) is 0. The van der Waals surface area contributed by atoms with E-state index < -0.39 is 0 Å². The predicted molar refractivity (Wildman–Crippen MR) is 217 cm³/mol. The summed E-state index contributed by atoms with van der Waals surface area (Å²) in [4.78, 5) is 2.35. The van der Waals surface area contributed by atoms with Crippen molar-refractivity contribution < 1.29 is 0 Å². The number of para-hydroxylation sites is 1. The molecule has 0 atom stereocenters. The van der Waals surface area contributed by atoms with E-state index in [1.807, 2.05) is 0 Å². The largest absolute Gasteiger partial charge is 0.310 e. The van der Waals surface area contributed by atoms with Crippen LogP contribution < -0.4 is 4.90 Å². The van der Waals surface area contributed by atoms with Crippen molar-refractivity contribution in [1.82, 2.24) is 0 Å². The van der Waals surface area contributed by atoms with Gasteiger partial charge in [0.05, 0.1) is 0 Å². The van der Waals surface area contributed by atoms with E-state index in [0.717, 1.165) is 17.1 Å². The van der Waals surface area contributed by atoms with E-state index in [9.17, 15) is 0 Å². The van der Waals surface area contributed by atoms with E-state index in [1.165, 1.54) is 77.2 Å². The Balaban J connectivity index is 1.06. The minimum absolute atomic E-state index is 1.13. The maximum atomic E-state index is 2.40. The van der Waals surface area contributed by atoms with E-state index in [-0.39, 0.29) is 0 Å². The highest BCUT2D eigenvalue weighted by Gasteiger charge is 2.25. The molecule has 10 rings (SSSR count). The van der Waals surface area contributed by atoms with E-state index in [2.05, 4.69) is 205 Å². The molecular weight excluding hydrogens is 615 g/mol. The fraction of sp³-hybridized carbons (Fsp3) is 0. The molecule has 0 N–H and O–H groups in total. The molecule has 0 unspecified atom stereocenters. The number of nitrogens with zero attached hydrogens (tertiary/aromatic N) is 1. The lowest BCUT2D eigenvalue weighted by molar-refractivity contribution is 1.29. The minimum Gasteiger partial charge on any atom is -0.310 e. The van der Waals surface area contributed by atoms with Crippen molar-refractivity contribution in [3.63, 3.8) is 0 Å². The van der Waals surface area contributed by atoms with E-state index in [1.54, 1.807) is 0 Å². The van der Waals surface area contributed by atoms with Crippen molar-refractivity contribution in [2.24, 2.45) is 0 Å². The molecule has 0 aliphatic heterocycles. The van der Waals surface area contributed by atoms with Gasteiger partial charge in [-0.2, -0.15) is 0 Å². The van der Waals surface area contributed by atoms with Crippen LogP contribution in [-0.2, 0) is 0 Å². The van der Waals surface area contributed by atoms with Crippen LogP contribution in [0.1, 0.15) is 0 Å². The summed E-state index contributed by atoms with van der Waals surface area (Å²) in [6, 6.07) is 72.8. The molecule has 0 aromatic heterocycles. The molecule has 0 saturated heterocycles. The Labute approximate surface area is 298 Å². The zero-order chi connectivity index (χ0) is 33.7. The third-order valence-corrected chi connectivity index (χ3v) is 10.3. The van der Waals surface area contributed by atoms with Gasteiger partial charge in [0, 0.05) is 17.1 Å². The van der Waals surface area contributed by atoms with Crippen LogP contribution in [-0.4, -0.2) is 0 Å². The van der Waals surface area contributed by atoms with Crippen LogP contribution in [0.15, 0.2) is 200 Å². The van der Waals surface area contributed by atoms with Crippen molar-refractivity contribution >= 4 is 38.6 Å². The molecule has 0 radical (unpaired) electrons. The molecule has 51 heavy (non-hydrogen) atoms. The summed E-state index contributed by atoms with van der Waals surface area (Å²) in [5.74, 6) is 0. The molecule has 0 amide bonds. The second kappa shape index (κ2) is 12.0. The highest BCUT2D eigenvalue weighted by atomic mass is 15.1. The van der Waals surface area contributed by atoms with Gasteiger partial charge in [-0.1, -0.05) is 127 Å². The fourth-order valence-corrected chi connectivity index (χ4v) is 7.77. The summed E-state index contributed by atoms with van der Waals surface area (Å²) in [7, 11) is 0. The fourth-order valence-electron chi connectivity index (χ4n) is 7.77. The van der Waals surface area contributed by atoms with Crippen LogP contribution >= 0.6 is 0 Å². The summed E-state index contributed by atoms with van der Waals surface area (Å²) in [5.41, 5.74) is 16.1. The molecule has 0 fully saturated rings. The van der Waals surface area contributed by atoms with Gasteiger partial charge in [0.15, 0.2) is 0 Å². The predicted octanol–water partition coefficient (Wildman–Crippen LogP) is 14.1. The van der Waals surface area contributed by atoms with E-state index >= 15 is 0 Å². The van der Waals surface area contributed by atoms with Gasteiger partial charge in [0.25, 0.3) is 0 Å². The Morgan fingerprint density at radius 1 is 0.216 bits per heavy atom. The Morgan fingerprint density at radius 2 is 0.569 bits per heavy atom. The number of anilines is 3. The van der Waals surface area contributed by atoms with Gasteiger partial charge in [0.2, 0.25) is 0 Å². The lowest BCUT2D eigenvalue weighted by Crippen LogP contribution is -2.09. The summed E-state index contributed by atoms with van der Waals surface area (Å²) >= 11 is 0. The molecule has 1 nitrogen and oxygen atoms in total. The summed E-state index contributed by atoms with van der Waals surface area (Å²) in [6.07, 6.45) is 0. The zero-order valence-electron chi connectivity index (χ0n) is 28.0. The first kappa shape index (κ1) is 29.2. The van der Waals surface area contributed by atoms with Crippen molar-refractivity contribution in [2.45, 2.75) is 0 Å². The van der Waals surface area contributed by atoms with Crippen molar-refractivity contribution in [2.75, 3.05) is 4.90 Å². The molecular formula is C50H33N. The topological polar surface area (TPSA) is 3.24 Å². The molecule has 0 spiro atoms. The average molecular weight is 648 g/mol. The van der Waals surface area contributed by atoms with Crippen LogP contribution in [0.5, 0.6) is 0 Å². The third-order valence-electron chi connectivity index (χ3n) is 10.3. The zero-order valence-corrected chi connectivity index (χ0v) is 28.0. The average Bonchev–Trinajstić information content (AvgIpc) is 3.21. The molecule has 1 aliphatic rings. The van der Waals surface area contributed by atoms with Crippen LogP contribution in [0.2, 0.25) is 0 Å². The maximum Gasteiger partial charge on any atom is 0.0468 e. The maximum absolute atomic E-state index is 2.40. The smallest absolute Gasteiger partial charge is 0.0468 e. The molecule has 9 aromatic carbocycles. The lowest BCUT2D eigenvalue weighted by Gasteiger charge is -2.28. The molecule has 1 aliphatic carbocycles.